The van der Waals surface area contributed by atoms with E-state index in [9.17, 15) is 5.11 Å². The van der Waals surface area contributed by atoms with E-state index in [1.54, 1.807) is 11.7 Å². The summed E-state index contributed by atoms with van der Waals surface area (Å²) in [6.45, 7) is 2.15. The van der Waals surface area contributed by atoms with E-state index in [1.165, 1.54) is 0 Å². The zero-order chi connectivity index (χ0) is 12.3. The van der Waals surface area contributed by atoms with Gasteiger partial charge in [0, 0.05) is 18.2 Å². The molecule has 1 heterocycles. The van der Waals surface area contributed by atoms with Gasteiger partial charge in [-0.1, -0.05) is 43.7 Å². The maximum Gasteiger partial charge on any atom is 0.212 e. The minimum Gasteiger partial charge on any atom is -0.493 e. The molecule has 2 aromatic rings. The monoisotopic (exact) mass is 230 g/mol. The number of nitrogens with zero attached hydrogens (tertiary/aromatic N) is 2. The Morgan fingerprint density at radius 2 is 1.94 bits per heavy atom. The summed E-state index contributed by atoms with van der Waals surface area (Å²) >= 11 is 0. The van der Waals surface area contributed by atoms with Gasteiger partial charge < -0.3 is 5.11 Å². The SMILES string of the molecule is CCCCc1c(-c2ccccc2)nn(C)c1O. The van der Waals surface area contributed by atoms with E-state index < -0.39 is 0 Å². The lowest BCUT2D eigenvalue weighted by Crippen LogP contribution is -1.88. The van der Waals surface area contributed by atoms with E-state index in [0.717, 1.165) is 36.1 Å². The van der Waals surface area contributed by atoms with Crippen LogP contribution < -0.4 is 0 Å². The van der Waals surface area contributed by atoms with E-state index in [0.29, 0.717) is 0 Å². The van der Waals surface area contributed by atoms with Crippen LogP contribution in [0.3, 0.4) is 0 Å². The Kier molecular flexibility index (Phi) is 3.47. The Bertz CT molecular complexity index is 488. The van der Waals surface area contributed by atoms with E-state index in [4.69, 9.17) is 0 Å². The molecule has 0 atom stereocenters. The van der Waals surface area contributed by atoms with Gasteiger partial charge in [-0.25, -0.2) is 4.68 Å². The summed E-state index contributed by atoms with van der Waals surface area (Å²) in [5.41, 5.74) is 2.93. The van der Waals surface area contributed by atoms with Crippen LogP contribution in [0.1, 0.15) is 25.3 Å². The van der Waals surface area contributed by atoms with E-state index in [2.05, 4.69) is 12.0 Å². The zero-order valence-electron chi connectivity index (χ0n) is 10.3. The molecule has 0 aliphatic rings. The lowest BCUT2D eigenvalue weighted by atomic mass is 10.0. The molecule has 0 fully saturated rings. The normalized spacial score (nSPS) is 10.7. The topological polar surface area (TPSA) is 38.0 Å². The number of unbranched alkanes of at least 4 members (excludes halogenated alkanes) is 1. The van der Waals surface area contributed by atoms with Gasteiger partial charge in [-0.2, -0.15) is 5.10 Å². The molecule has 17 heavy (non-hydrogen) atoms. The third kappa shape index (κ3) is 2.33. The second kappa shape index (κ2) is 5.04. The highest BCUT2D eigenvalue weighted by molar-refractivity contribution is 5.65. The second-order valence-electron chi connectivity index (χ2n) is 4.24. The molecule has 90 valence electrons. The van der Waals surface area contributed by atoms with Gasteiger partial charge in [0.25, 0.3) is 0 Å². The number of benzene rings is 1. The van der Waals surface area contributed by atoms with Crippen molar-refractivity contribution < 1.29 is 5.11 Å². The van der Waals surface area contributed by atoms with Crippen molar-refractivity contribution in [3.05, 3.63) is 35.9 Å². The molecular formula is C14H18N2O. The first-order chi connectivity index (χ1) is 8.24. The molecule has 0 aliphatic heterocycles. The number of aromatic hydroxyl groups is 1. The molecule has 0 unspecified atom stereocenters. The fourth-order valence-electron chi connectivity index (χ4n) is 1.97. The number of aryl methyl sites for hydroxylation is 1. The highest BCUT2D eigenvalue weighted by atomic mass is 16.3. The standard InChI is InChI=1S/C14H18N2O/c1-3-4-10-12-13(15-16(2)14(12)17)11-8-6-5-7-9-11/h5-9,17H,3-4,10H2,1-2H3. The van der Waals surface area contributed by atoms with Gasteiger partial charge >= 0.3 is 0 Å². The van der Waals surface area contributed by atoms with Gasteiger partial charge in [-0.05, 0) is 12.8 Å². The molecule has 0 saturated carbocycles. The quantitative estimate of drug-likeness (QED) is 0.876. The molecule has 3 heteroatoms. The molecule has 1 aromatic heterocycles. The number of aromatic nitrogens is 2. The Balaban J connectivity index is 2.43. The van der Waals surface area contributed by atoms with Crippen molar-refractivity contribution in [2.45, 2.75) is 26.2 Å². The van der Waals surface area contributed by atoms with Crippen LogP contribution in [0.4, 0.5) is 0 Å². The average molecular weight is 230 g/mol. The Morgan fingerprint density at radius 3 is 2.59 bits per heavy atom. The molecular weight excluding hydrogens is 212 g/mol. The summed E-state index contributed by atoms with van der Waals surface area (Å²) in [5, 5.41) is 14.4. The van der Waals surface area contributed by atoms with Crippen LogP contribution in [0, 0.1) is 0 Å². The summed E-state index contributed by atoms with van der Waals surface area (Å²) in [5.74, 6) is 0.289. The lowest BCUT2D eigenvalue weighted by molar-refractivity contribution is 0.413. The molecule has 1 aromatic carbocycles. The number of hydrogen-bond donors (Lipinski definition) is 1. The Hall–Kier alpha value is -1.77. The molecule has 2 rings (SSSR count). The van der Waals surface area contributed by atoms with E-state index in [1.807, 2.05) is 30.3 Å². The second-order valence-corrected chi connectivity index (χ2v) is 4.24. The highest BCUT2D eigenvalue weighted by Gasteiger charge is 2.15. The smallest absolute Gasteiger partial charge is 0.212 e. The van der Waals surface area contributed by atoms with Crippen LogP contribution in [-0.2, 0) is 13.5 Å². The Morgan fingerprint density at radius 1 is 1.24 bits per heavy atom. The molecule has 0 spiro atoms. The minimum atomic E-state index is 0.289. The first kappa shape index (κ1) is 11.7. The summed E-state index contributed by atoms with van der Waals surface area (Å²) < 4.78 is 1.55. The number of hydrogen-bond acceptors (Lipinski definition) is 2. The predicted molar refractivity (Wildman–Crippen MR) is 68.9 cm³/mol. The fourth-order valence-corrected chi connectivity index (χ4v) is 1.97. The van der Waals surface area contributed by atoms with Crippen molar-refractivity contribution in [3.8, 4) is 17.1 Å². The maximum absolute atomic E-state index is 10.0. The van der Waals surface area contributed by atoms with Crippen LogP contribution in [0.2, 0.25) is 0 Å². The van der Waals surface area contributed by atoms with E-state index in [-0.39, 0.29) is 5.88 Å². The van der Waals surface area contributed by atoms with Crippen LogP contribution in [0.25, 0.3) is 11.3 Å². The molecule has 0 radical (unpaired) electrons. The zero-order valence-corrected chi connectivity index (χ0v) is 10.3. The van der Waals surface area contributed by atoms with Gasteiger partial charge in [0.05, 0.1) is 5.69 Å². The summed E-state index contributed by atoms with van der Waals surface area (Å²) in [4.78, 5) is 0. The highest BCUT2D eigenvalue weighted by Crippen LogP contribution is 2.30. The fraction of sp³-hybridized carbons (Fsp3) is 0.357. The third-order valence-electron chi connectivity index (χ3n) is 2.94. The van der Waals surface area contributed by atoms with Gasteiger partial charge in [0.2, 0.25) is 5.88 Å². The predicted octanol–water partition coefficient (Wildman–Crippen LogP) is 3.14. The third-order valence-corrected chi connectivity index (χ3v) is 2.94. The molecule has 0 aliphatic carbocycles. The van der Waals surface area contributed by atoms with Crippen molar-refractivity contribution in [2.75, 3.05) is 0 Å². The summed E-state index contributed by atoms with van der Waals surface area (Å²) in [6, 6.07) is 10.0. The van der Waals surface area contributed by atoms with Gasteiger partial charge in [0.1, 0.15) is 0 Å². The maximum atomic E-state index is 10.0. The van der Waals surface area contributed by atoms with Crippen molar-refractivity contribution >= 4 is 0 Å². The summed E-state index contributed by atoms with van der Waals surface area (Å²) in [7, 11) is 1.78. The molecule has 0 amide bonds. The van der Waals surface area contributed by atoms with Crippen molar-refractivity contribution in [3.63, 3.8) is 0 Å². The van der Waals surface area contributed by atoms with Gasteiger partial charge in [-0.3, -0.25) is 0 Å². The van der Waals surface area contributed by atoms with Crippen molar-refractivity contribution in [1.82, 2.24) is 9.78 Å². The Labute approximate surface area is 102 Å². The van der Waals surface area contributed by atoms with Crippen LogP contribution in [0.5, 0.6) is 5.88 Å². The van der Waals surface area contributed by atoms with Gasteiger partial charge in [0.15, 0.2) is 0 Å². The molecule has 3 nitrogen and oxygen atoms in total. The van der Waals surface area contributed by atoms with Crippen molar-refractivity contribution in [1.29, 1.82) is 0 Å². The van der Waals surface area contributed by atoms with Gasteiger partial charge in [-0.15, -0.1) is 0 Å². The van der Waals surface area contributed by atoms with Crippen molar-refractivity contribution in [2.24, 2.45) is 7.05 Å². The average Bonchev–Trinajstić information content (AvgIpc) is 2.65. The summed E-state index contributed by atoms with van der Waals surface area (Å²) in [6.07, 6.45) is 3.06. The van der Waals surface area contributed by atoms with Crippen LogP contribution in [0.15, 0.2) is 30.3 Å². The van der Waals surface area contributed by atoms with Crippen LogP contribution in [-0.4, -0.2) is 14.9 Å². The van der Waals surface area contributed by atoms with E-state index >= 15 is 0 Å². The first-order valence-electron chi connectivity index (χ1n) is 6.04. The van der Waals surface area contributed by atoms with Crippen LogP contribution >= 0.6 is 0 Å². The molecule has 0 bridgehead atoms. The molecule has 1 N–H and O–H groups in total. The molecule has 0 saturated heterocycles. The number of rotatable bonds is 4. The largest absolute Gasteiger partial charge is 0.493 e. The minimum absolute atomic E-state index is 0.289. The first-order valence-corrected chi connectivity index (χ1v) is 6.04. The lowest BCUT2D eigenvalue weighted by Gasteiger charge is -2.02.